The van der Waals surface area contributed by atoms with Crippen molar-refractivity contribution in [3.05, 3.63) is 170 Å². The first-order valence-electron chi connectivity index (χ1n) is 16.4. The number of rotatable bonds is 5. The Balaban J connectivity index is 1.10. The van der Waals surface area contributed by atoms with Crippen molar-refractivity contribution in [2.24, 2.45) is 0 Å². The van der Waals surface area contributed by atoms with Crippen LogP contribution in [-0.2, 0) is 0 Å². The Morgan fingerprint density at radius 3 is 1.86 bits per heavy atom. The smallest absolute Gasteiger partial charge is 0.227 e. The van der Waals surface area contributed by atoms with Crippen molar-refractivity contribution < 1.29 is 4.42 Å². The SMILES string of the molecule is c1ccc(N(c2ccc(-c3ccc4ccccc4c3)cc2)c2cccc3sc4cc5nc(-c6ccc7ccccc7c6)oc5cc4c23)cc1. The highest BCUT2D eigenvalue weighted by Gasteiger charge is 2.20. The Morgan fingerprint density at radius 1 is 0.469 bits per heavy atom. The lowest BCUT2D eigenvalue weighted by atomic mass is 10.0. The van der Waals surface area contributed by atoms with Crippen molar-refractivity contribution in [2.75, 3.05) is 4.90 Å². The predicted molar refractivity (Wildman–Crippen MR) is 207 cm³/mol. The van der Waals surface area contributed by atoms with Crippen molar-refractivity contribution in [3.63, 3.8) is 0 Å². The monoisotopic (exact) mass is 644 g/mol. The van der Waals surface area contributed by atoms with Gasteiger partial charge in [-0.05, 0) is 99.4 Å². The largest absolute Gasteiger partial charge is 0.436 e. The van der Waals surface area contributed by atoms with Crippen molar-refractivity contribution >= 4 is 81.2 Å². The molecule has 0 unspecified atom stereocenters. The molecule has 49 heavy (non-hydrogen) atoms. The molecule has 10 aromatic rings. The van der Waals surface area contributed by atoms with E-state index in [-0.39, 0.29) is 0 Å². The molecule has 0 fully saturated rings. The maximum Gasteiger partial charge on any atom is 0.227 e. The van der Waals surface area contributed by atoms with E-state index < -0.39 is 0 Å². The van der Waals surface area contributed by atoms with Gasteiger partial charge in [-0.3, -0.25) is 0 Å². The summed E-state index contributed by atoms with van der Waals surface area (Å²) in [5.41, 5.74) is 8.37. The van der Waals surface area contributed by atoms with Gasteiger partial charge in [-0.1, -0.05) is 103 Å². The second-order valence-corrected chi connectivity index (χ2v) is 13.5. The first-order valence-corrected chi connectivity index (χ1v) is 17.3. The molecule has 2 aromatic heterocycles. The highest BCUT2D eigenvalue weighted by atomic mass is 32.1. The summed E-state index contributed by atoms with van der Waals surface area (Å²) in [4.78, 5) is 7.31. The number of fused-ring (bicyclic) bond motifs is 6. The van der Waals surface area contributed by atoms with E-state index in [1.54, 1.807) is 11.3 Å². The van der Waals surface area contributed by atoms with E-state index in [0.29, 0.717) is 5.89 Å². The van der Waals surface area contributed by atoms with Crippen LogP contribution in [0.15, 0.2) is 174 Å². The number of hydrogen-bond donors (Lipinski definition) is 0. The number of oxazole rings is 1. The third kappa shape index (κ3) is 4.76. The maximum atomic E-state index is 6.46. The first-order chi connectivity index (χ1) is 24.2. The van der Waals surface area contributed by atoms with Crippen LogP contribution in [-0.4, -0.2) is 4.98 Å². The minimum Gasteiger partial charge on any atom is -0.436 e. The molecule has 0 saturated carbocycles. The van der Waals surface area contributed by atoms with Crippen molar-refractivity contribution in [1.29, 1.82) is 0 Å². The third-order valence-electron chi connectivity index (χ3n) is 9.44. The third-order valence-corrected chi connectivity index (χ3v) is 10.6. The number of para-hydroxylation sites is 1. The molecule has 2 heterocycles. The number of hydrogen-bond acceptors (Lipinski definition) is 4. The van der Waals surface area contributed by atoms with E-state index in [1.165, 1.54) is 47.5 Å². The molecule has 0 amide bonds. The number of benzene rings is 8. The van der Waals surface area contributed by atoms with Crippen LogP contribution in [0.1, 0.15) is 0 Å². The molecular formula is C45H28N2OS. The lowest BCUT2D eigenvalue weighted by molar-refractivity contribution is 0.620. The zero-order valence-electron chi connectivity index (χ0n) is 26.4. The molecule has 0 bridgehead atoms. The Kier molecular flexibility index (Phi) is 6.36. The normalized spacial score (nSPS) is 11.7. The summed E-state index contributed by atoms with van der Waals surface area (Å²) in [6.07, 6.45) is 0. The van der Waals surface area contributed by atoms with Gasteiger partial charge >= 0.3 is 0 Å². The fraction of sp³-hybridized carbons (Fsp3) is 0. The van der Waals surface area contributed by atoms with E-state index in [2.05, 4.69) is 175 Å². The molecule has 8 aromatic carbocycles. The van der Waals surface area contributed by atoms with Crippen LogP contribution in [0.4, 0.5) is 17.1 Å². The minimum atomic E-state index is 0.639. The molecular weight excluding hydrogens is 617 g/mol. The van der Waals surface area contributed by atoms with Gasteiger partial charge < -0.3 is 9.32 Å². The molecule has 230 valence electrons. The molecule has 0 atom stereocenters. The van der Waals surface area contributed by atoms with Gasteiger partial charge in [0.1, 0.15) is 5.52 Å². The lowest BCUT2D eigenvalue weighted by Crippen LogP contribution is -2.10. The number of aromatic nitrogens is 1. The zero-order chi connectivity index (χ0) is 32.3. The standard InChI is InChI=1S/C45H28N2OS/c1-2-13-36(14-3-1)47(37-23-21-31(22-24-37)34-19-17-29-9-4-6-11-32(29)25-34)40-15-8-16-42-44(40)38-27-41-39(28-43(38)49-42)46-45(48-41)35-20-18-30-10-5-7-12-33(30)26-35/h1-28H. The van der Waals surface area contributed by atoms with E-state index in [9.17, 15) is 0 Å². The highest BCUT2D eigenvalue weighted by molar-refractivity contribution is 7.26. The van der Waals surface area contributed by atoms with Crippen LogP contribution in [0, 0.1) is 0 Å². The fourth-order valence-electron chi connectivity index (χ4n) is 7.04. The van der Waals surface area contributed by atoms with Gasteiger partial charge in [0, 0.05) is 37.1 Å². The van der Waals surface area contributed by atoms with E-state index in [0.717, 1.165) is 39.1 Å². The second-order valence-electron chi connectivity index (χ2n) is 12.4. The summed E-state index contributed by atoms with van der Waals surface area (Å²) in [7, 11) is 0. The number of anilines is 3. The first kappa shape index (κ1) is 27.8. The molecule has 10 rings (SSSR count). The molecule has 0 spiro atoms. The number of thiophene rings is 1. The summed E-state index contributed by atoms with van der Waals surface area (Å²) in [5, 5.41) is 7.24. The van der Waals surface area contributed by atoms with Gasteiger partial charge in [0.15, 0.2) is 5.58 Å². The van der Waals surface area contributed by atoms with Crippen molar-refractivity contribution in [3.8, 4) is 22.6 Å². The molecule has 0 saturated heterocycles. The number of nitrogens with zero attached hydrogens (tertiary/aromatic N) is 2. The summed E-state index contributed by atoms with van der Waals surface area (Å²) in [6, 6.07) is 60.4. The maximum absolute atomic E-state index is 6.46. The molecule has 0 aliphatic carbocycles. The molecule has 0 aliphatic heterocycles. The van der Waals surface area contributed by atoms with E-state index in [1.807, 2.05) is 0 Å². The zero-order valence-corrected chi connectivity index (χ0v) is 27.2. The van der Waals surface area contributed by atoms with Crippen LogP contribution in [0.25, 0.3) is 75.4 Å². The fourth-order valence-corrected chi connectivity index (χ4v) is 8.18. The Hall–Kier alpha value is -6.23. The summed E-state index contributed by atoms with van der Waals surface area (Å²) in [5.74, 6) is 0.639. The molecule has 0 radical (unpaired) electrons. The van der Waals surface area contributed by atoms with Crippen LogP contribution >= 0.6 is 11.3 Å². The van der Waals surface area contributed by atoms with E-state index >= 15 is 0 Å². The van der Waals surface area contributed by atoms with Gasteiger partial charge in [-0.2, -0.15) is 0 Å². The molecule has 3 nitrogen and oxygen atoms in total. The van der Waals surface area contributed by atoms with Gasteiger partial charge in [-0.25, -0.2) is 4.98 Å². The predicted octanol–water partition coefficient (Wildman–Crippen LogP) is 13.3. The van der Waals surface area contributed by atoms with E-state index in [4.69, 9.17) is 9.40 Å². The minimum absolute atomic E-state index is 0.639. The highest BCUT2D eigenvalue weighted by Crippen LogP contribution is 2.46. The Bertz CT molecular complexity index is 2830. The van der Waals surface area contributed by atoms with Gasteiger partial charge in [0.2, 0.25) is 5.89 Å². The van der Waals surface area contributed by atoms with Crippen LogP contribution in [0.5, 0.6) is 0 Å². The summed E-state index contributed by atoms with van der Waals surface area (Å²) >= 11 is 1.80. The second kappa shape index (κ2) is 11.2. The van der Waals surface area contributed by atoms with Gasteiger partial charge in [0.05, 0.1) is 5.69 Å². The lowest BCUT2D eigenvalue weighted by Gasteiger charge is -2.26. The molecule has 0 N–H and O–H groups in total. The summed E-state index contributed by atoms with van der Waals surface area (Å²) in [6.45, 7) is 0. The molecule has 0 aliphatic rings. The average Bonchev–Trinajstić information content (AvgIpc) is 3.75. The Morgan fingerprint density at radius 2 is 1.10 bits per heavy atom. The van der Waals surface area contributed by atoms with Crippen molar-refractivity contribution in [2.45, 2.75) is 0 Å². The van der Waals surface area contributed by atoms with Crippen molar-refractivity contribution in [1.82, 2.24) is 4.98 Å². The summed E-state index contributed by atoms with van der Waals surface area (Å²) < 4.78 is 8.87. The molecule has 4 heteroatoms. The van der Waals surface area contributed by atoms with Crippen LogP contribution in [0.3, 0.4) is 0 Å². The van der Waals surface area contributed by atoms with Gasteiger partial charge in [-0.15, -0.1) is 11.3 Å². The average molecular weight is 645 g/mol. The van der Waals surface area contributed by atoms with Crippen LogP contribution < -0.4 is 4.90 Å². The van der Waals surface area contributed by atoms with Crippen LogP contribution in [0.2, 0.25) is 0 Å². The Labute approximate surface area is 286 Å². The van der Waals surface area contributed by atoms with Gasteiger partial charge in [0.25, 0.3) is 0 Å². The quantitative estimate of drug-likeness (QED) is 0.187. The topological polar surface area (TPSA) is 29.3 Å².